The second kappa shape index (κ2) is 7.48. The summed E-state index contributed by atoms with van der Waals surface area (Å²) in [5.41, 5.74) is 4.14. The Kier molecular flexibility index (Phi) is 5.00. The minimum atomic E-state index is -3.33. The van der Waals surface area contributed by atoms with Gasteiger partial charge in [-0.05, 0) is 55.2 Å². The average Bonchev–Trinajstić information content (AvgIpc) is 3.03. The van der Waals surface area contributed by atoms with E-state index in [2.05, 4.69) is 10.3 Å². The number of amides is 1. The van der Waals surface area contributed by atoms with Gasteiger partial charge in [-0.25, -0.2) is 8.42 Å². The van der Waals surface area contributed by atoms with Gasteiger partial charge in [-0.15, -0.1) is 0 Å². The van der Waals surface area contributed by atoms with E-state index in [1.165, 1.54) is 10.6 Å². The van der Waals surface area contributed by atoms with Gasteiger partial charge in [0.15, 0.2) is 0 Å². The van der Waals surface area contributed by atoms with Gasteiger partial charge in [0.2, 0.25) is 10.0 Å². The second-order valence-electron chi connectivity index (χ2n) is 7.45. The third-order valence-electron chi connectivity index (χ3n) is 5.25. The van der Waals surface area contributed by atoms with Crippen LogP contribution in [0.3, 0.4) is 0 Å². The van der Waals surface area contributed by atoms with Crippen molar-refractivity contribution in [2.45, 2.75) is 25.8 Å². The summed E-state index contributed by atoms with van der Waals surface area (Å²) in [5, 5.41) is 4.04. The molecule has 29 heavy (non-hydrogen) atoms. The first-order chi connectivity index (χ1) is 13.8. The highest BCUT2D eigenvalue weighted by atomic mass is 32.2. The lowest BCUT2D eigenvalue weighted by Gasteiger charge is -2.21. The van der Waals surface area contributed by atoms with Gasteiger partial charge in [-0.2, -0.15) is 0 Å². The molecule has 150 valence electrons. The fourth-order valence-electron chi connectivity index (χ4n) is 4.03. The van der Waals surface area contributed by atoms with Crippen LogP contribution in [0, 0.1) is 0 Å². The van der Waals surface area contributed by atoms with Crippen molar-refractivity contribution in [1.29, 1.82) is 0 Å². The summed E-state index contributed by atoms with van der Waals surface area (Å²) in [7, 11) is -3.33. The number of carbonyl (C=O) groups is 1. The van der Waals surface area contributed by atoms with Crippen LogP contribution >= 0.6 is 0 Å². The van der Waals surface area contributed by atoms with Crippen molar-refractivity contribution in [3.8, 4) is 0 Å². The van der Waals surface area contributed by atoms with E-state index in [9.17, 15) is 13.2 Å². The maximum Gasteiger partial charge on any atom is 0.251 e. The standard InChI is InChI=1S/C22H23N3O3S/c1-15-13-19-14-18(8-9-20(19)25(15)29(2,27)28)22(26)24-12-10-17-6-3-5-16-7-4-11-23-21(16)17/h3-9,11,14-15H,10,12-13H2,1-2H3,(H,24,26). The highest BCUT2D eigenvalue weighted by Gasteiger charge is 2.32. The number of sulfonamides is 1. The van der Waals surface area contributed by atoms with Crippen molar-refractivity contribution in [2.24, 2.45) is 0 Å². The second-order valence-corrected chi connectivity index (χ2v) is 9.31. The van der Waals surface area contributed by atoms with E-state index in [1.807, 2.05) is 37.3 Å². The Morgan fingerprint density at radius 1 is 1.21 bits per heavy atom. The highest BCUT2D eigenvalue weighted by molar-refractivity contribution is 7.92. The summed E-state index contributed by atoms with van der Waals surface area (Å²) in [6.07, 6.45) is 4.27. The molecule has 7 heteroatoms. The number of nitrogens with one attached hydrogen (secondary N) is 1. The summed E-state index contributed by atoms with van der Waals surface area (Å²) < 4.78 is 25.5. The van der Waals surface area contributed by atoms with Gasteiger partial charge in [-0.1, -0.05) is 24.3 Å². The van der Waals surface area contributed by atoms with Crippen molar-refractivity contribution >= 4 is 32.5 Å². The molecule has 0 saturated carbocycles. The summed E-state index contributed by atoms with van der Waals surface area (Å²) in [4.78, 5) is 17.0. The van der Waals surface area contributed by atoms with Crippen molar-refractivity contribution < 1.29 is 13.2 Å². The van der Waals surface area contributed by atoms with Crippen molar-refractivity contribution in [3.63, 3.8) is 0 Å². The van der Waals surface area contributed by atoms with E-state index in [4.69, 9.17) is 0 Å². The summed E-state index contributed by atoms with van der Waals surface area (Å²) >= 11 is 0. The Morgan fingerprint density at radius 2 is 2.00 bits per heavy atom. The van der Waals surface area contributed by atoms with Gasteiger partial charge in [0, 0.05) is 29.7 Å². The number of carbonyl (C=O) groups excluding carboxylic acids is 1. The van der Waals surface area contributed by atoms with E-state index < -0.39 is 10.0 Å². The van der Waals surface area contributed by atoms with E-state index in [0.29, 0.717) is 30.6 Å². The number of hydrogen-bond donors (Lipinski definition) is 1. The van der Waals surface area contributed by atoms with Crippen molar-refractivity contribution in [1.82, 2.24) is 10.3 Å². The number of nitrogens with zero attached hydrogens (tertiary/aromatic N) is 2. The SMILES string of the molecule is CC1Cc2cc(C(=O)NCCc3cccc4cccnc34)ccc2N1S(C)(=O)=O. The number of rotatable bonds is 5. The predicted octanol–water partition coefficient (Wildman–Crippen LogP) is 2.92. The summed E-state index contributed by atoms with van der Waals surface area (Å²) in [5.74, 6) is -0.161. The Bertz CT molecular complexity index is 1190. The number of para-hydroxylation sites is 1. The van der Waals surface area contributed by atoms with Gasteiger partial charge < -0.3 is 5.32 Å². The van der Waals surface area contributed by atoms with E-state index in [1.54, 1.807) is 24.4 Å². The molecule has 0 fully saturated rings. The molecule has 1 unspecified atom stereocenters. The highest BCUT2D eigenvalue weighted by Crippen LogP contribution is 2.34. The van der Waals surface area contributed by atoms with Crippen LogP contribution in [-0.2, 0) is 22.9 Å². The van der Waals surface area contributed by atoms with Gasteiger partial charge >= 0.3 is 0 Å². The zero-order chi connectivity index (χ0) is 20.6. The molecule has 1 aliphatic heterocycles. The lowest BCUT2D eigenvalue weighted by atomic mass is 10.1. The first-order valence-corrected chi connectivity index (χ1v) is 11.4. The third kappa shape index (κ3) is 3.82. The van der Waals surface area contributed by atoms with Crippen LogP contribution in [0.4, 0.5) is 5.69 Å². The van der Waals surface area contributed by atoms with Crippen LogP contribution in [0.2, 0.25) is 0 Å². The number of fused-ring (bicyclic) bond motifs is 2. The molecule has 1 aliphatic rings. The lowest BCUT2D eigenvalue weighted by Crippen LogP contribution is -2.34. The molecule has 0 aliphatic carbocycles. The fraction of sp³-hybridized carbons (Fsp3) is 0.273. The van der Waals surface area contributed by atoms with Crippen LogP contribution in [0.5, 0.6) is 0 Å². The minimum Gasteiger partial charge on any atom is -0.352 e. The van der Waals surface area contributed by atoms with Crippen molar-refractivity contribution in [2.75, 3.05) is 17.1 Å². The molecule has 0 bridgehead atoms. The maximum atomic E-state index is 12.6. The topological polar surface area (TPSA) is 79.4 Å². The van der Waals surface area contributed by atoms with Crippen LogP contribution in [0.1, 0.15) is 28.4 Å². The lowest BCUT2D eigenvalue weighted by molar-refractivity contribution is 0.0954. The monoisotopic (exact) mass is 409 g/mol. The van der Waals surface area contributed by atoms with Crippen LogP contribution in [0.15, 0.2) is 54.7 Å². The fourth-order valence-corrected chi connectivity index (χ4v) is 5.29. The molecule has 0 spiro atoms. The zero-order valence-electron chi connectivity index (χ0n) is 16.4. The molecule has 2 heterocycles. The first-order valence-electron chi connectivity index (χ1n) is 9.58. The number of pyridine rings is 1. The molecule has 2 aromatic carbocycles. The molecular weight excluding hydrogens is 386 g/mol. The normalized spacial score (nSPS) is 16.1. The van der Waals surface area contributed by atoms with E-state index in [-0.39, 0.29) is 11.9 Å². The van der Waals surface area contributed by atoms with Gasteiger partial charge in [0.05, 0.1) is 17.5 Å². The Labute approximate surface area is 170 Å². The van der Waals surface area contributed by atoms with Gasteiger partial charge in [0.1, 0.15) is 0 Å². The number of hydrogen-bond acceptors (Lipinski definition) is 4. The quantitative estimate of drug-likeness (QED) is 0.703. The Hall–Kier alpha value is -2.93. The molecule has 4 rings (SSSR count). The maximum absolute atomic E-state index is 12.6. The predicted molar refractivity (Wildman–Crippen MR) is 115 cm³/mol. The smallest absolute Gasteiger partial charge is 0.251 e. The molecule has 6 nitrogen and oxygen atoms in total. The number of benzene rings is 2. The van der Waals surface area contributed by atoms with Gasteiger partial charge in [-0.3, -0.25) is 14.1 Å². The third-order valence-corrected chi connectivity index (χ3v) is 6.52. The number of anilines is 1. The summed E-state index contributed by atoms with van der Waals surface area (Å²) in [6, 6.07) is 15.0. The molecule has 1 amide bonds. The number of aromatic nitrogens is 1. The van der Waals surface area contributed by atoms with E-state index in [0.717, 1.165) is 22.0 Å². The molecule has 1 N–H and O–H groups in total. The molecule has 0 saturated heterocycles. The molecular formula is C22H23N3O3S. The van der Waals surface area contributed by atoms with E-state index >= 15 is 0 Å². The average molecular weight is 410 g/mol. The molecule has 0 radical (unpaired) electrons. The minimum absolute atomic E-state index is 0.142. The molecule has 1 atom stereocenters. The summed E-state index contributed by atoms with van der Waals surface area (Å²) in [6.45, 7) is 2.37. The molecule has 1 aromatic heterocycles. The van der Waals surface area contributed by atoms with Crippen LogP contribution in [-0.4, -0.2) is 38.2 Å². The van der Waals surface area contributed by atoms with Crippen molar-refractivity contribution in [3.05, 3.63) is 71.4 Å². The zero-order valence-corrected chi connectivity index (χ0v) is 17.2. The molecule has 3 aromatic rings. The van der Waals surface area contributed by atoms with Crippen LogP contribution in [0.25, 0.3) is 10.9 Å². The first kappa shape index (κ1) is 19.4. The Morgan fingerprint density at radius 3 is 2.79 bits per heavy atom. The Balaban J connectivity index is 1.45. The largest absolute Gasteiger partial charge is 0.352 e. The van der Waals surface area contributed by atoms with Gasteiger partial charge in [0.25, 0.3) is 5.91 Å². The van der Waals surface area contributed by atoms with Crippen LogP contribution < -0.4 is 9.62 Å².